The van der Waals surface area contributed by atoms with E-state index in [1.165, 1.54) is 0 Å². The Morgan fingerprint density at radius 2 is 2.40 bits per heavy atom. The van der Waals surface area contributed by atoms with Crippen LogP contribution in [0.25, 0.3) is 6.08 Å². The van der Waals surface area contributed by atoms with Gasteiger partial charge in [0.1, 0.15) is 0 Å². The van der Waals surface area contributed by atoms with Gasteiger partial charge in [0.05, 0.1) is 25.9 Å². The lowest BCUT2D eigenvalue weighted by atomic mass is 10.1. The Kier molecular flexibility index (Phi) is 5.34. The molecular formula is C15H18BrNO3. The molecular weight excluding hydrogens is 322 g/mol. The van der Waals surface area contributed by atoms with Crippen LogP contribution in [0, 0.1) is 6.92 Å². The first-order valence-electron chi connectivity index (χ1n) is 6.55. The summed E-state index contributed by atoms with van der Waals surface area (Å²) < 4.78 is 6.22. The predicted octanol–water partition coefficient (Wildman–Crippen LogP) is 1.99. The minimum absolute atomic E-state index is 0.0756. The first-order chi connectivity index (χ1) is 9.61. The van der Waals surface area contributed by atoms with E-state index >= 15 is 0 Å². The van der Waals surface area contributed by atoms with E-state index in [0.29, 0.717) is 19.8 Å². The van der Waals surface area contributed by atoms with E-state index in [0.717, 1.165) is 15.6 Å². The third-order valence-electron chi connectivity index (χ3n) is 3.28. The third-order valence-corrected chi connectivity index (χ3v) is 3.97. The van der Waals surface area contributed by atoms with E-state index in [-0.39, 0.29) is 18.6 Å². The Hall–Kier alpha value is -1.17. The van der Waals surface area contributed by atoms with E-state index < -0.39 is 0 Å². The molecule has 1 atom stereocenters. The second-order valence-electron chi connectivity index (χ2n) is 4.80. The van der Waals surface area contributed by atoms with Crippen LogP contribution in [-0.4, -0.2) is 48.3 Å². The molecule has 1 aliphatic rings. The molecule has 5 heteroatoms. The van der Waals surface area contributed by atoms with Crippen LogP contribution in [0.2, 0.25) is 0 Å². The summed E-state index contributed by atoms with van der Waals surface area (Å²) in [5.74, 6) is -0.0974. The molecule has 1 aromatic carbocycles. The SMILES string of the molecule is Cc1ccc(/C=C/C(=O)N2CCOCC2CO)c(Br)c1. The van der Waals surface area contributed by atoms with E-state index in [2.05, 4.69) is 15.9 Å². The van der Waals surface area contributed by atoms with Crippen molar-refractivity contribution in [2.45, 2.75) is 13.0 Å². The zero-order chi connectivity index (χ0) is 14.5. The quantitative estimate of drug-likeness (QED) is 0.857. The topological polar surface area (TPSA) is 49.8 Å². The lowest BCUT2D eigenvalue weighted by Crippen LogP contribution is -2.49. The minimum atomic E-state index is -0.248. The lowest BCUT2D eigenvalue weighted by Gasteiger charge is -2.33. The zero-order valence-corrected chi connectivity index (χ0v) is 13.0. The van der Waals surface area contributed by atoms with Gasteiger partial charge in [0, 0.05) is 17.1 Å². The number of halogens is 1. The average molecular weight is 340 g/mol. The molecule has 0 saturated carbocycles. The number of amides is 1. The highest BCUT2D eigenvalue weighted by molar-refractivity contribution is 9.10. The zero-order valence-electron chi connectivity index (χ0n) is 11.4. The highest BCUT2D eigenvalue weighted by atomic mass is 79.9. The maximum Gasteiger partial charge on any atom is 0.247 e. The van der Waals surface area contributed by atoms with Crippen molar-refractivity contribution in [1.29, 1.82) is 0 Å². The fourth-order valence-corrected chi connectivity index (χ4v) is 2.75. The number of aryl methyl sites for hydroxylation is 1. The van der Waals surface area contributed by atoms with Crippen LogP contribution in [0.4, 0.5) is 0 Å². The lowest BCUT2D eigenvalue weighted by molar-refractivity contribution is -0.136. The number of aliphatic hydroxyl groups is 1. The number of aliphatic hydroxyl groups excluding tert-OH is 1. The van der Waals surface area contributed by atoms with Gasteiger partial charge in [-0.05, 0) is 30.2 Å². The van der Waals surface area contributed by atoms with Crippen molar-refractivity contribution in [3.8, 4) is 0 Å². The monoisotopic (exact) mass is 339 g/mol. The van der Waals surface area contributed by atoms with Crippen molar-refractivity contribution < 1.29 is 14.6 Å². The summed E-state index contributed by atoms with van der Waals surface area (Å²) in [6.07, 6.45) is 3.33. The van der Waals surface area contributed by atoms with Gasteiger partial charge in [-0.1, -0.05) is 28.1 Å². The van der Waals surface area contributed by atoms with Crippen LogP contribution < -0.4 is 0 Å². The average Bonchev–Trinajstić information content (AvgIpc) is 2.46. The second kappa shape index (κ2) is 7.02. The van der Waals surface area contributed by atoms with E-state index in [1.807, 2.05) is 25.1 Å². The number of rotatable bonds is 3. The van der Waals surface area contributed by atoms with Crippen LogP contribution >= 0.6 is 15.9 Å². The van der Waals surface area contributed by atoms with Gasteiger partial charge in [-0.2, -0.15) is 0 Å². The van der Waals surface area contributed by atoms with Crippen molar-refractivity contribution in [3.05, 3.63) is 39.9 Å². The Morgan fingerprint density at radius 3 is 3.10 bits per heavy atom. The molecule has 0 spiro atoms. The highest BCUT2D eigenvalue weighted by Gasteiger charge is 2.25. The number of carbonyl (C=O) groups is 1. The number of nitrogens with zero attached hydrogens (tertiary/aromatic N) is 1. The molecule has 4 nitrogen and oxygen atoms in total. The molecule has 0 bridgehead atoms. The minimum Gasteiger partial charge on any atom is -0.394 e. The predicted molar refractivity (Wildman–Crippen MR) is 81.3 cm³/mol. The normalized spacial score (nSPS) is 19.6. The number of hydrogen-bond donors (Lipinski definition) is 1. The summed E-state index contributed by atoms with van der Waals surface area (Å²) in [4.78, 5) is 13.8. The van der Waals surface area contributed by atoms with Crippen molar-refractivity contribution in [2.24, 2.45) is 0 Å². The fraction of sp³-hybridized carbons (Fsp3) is 0.400. The number of morpholine rings is 1. The van der Waals surface area contributed by atoms with Gasteiger partial charge in [-0.25, -0.2) is 0 Å². The summed E-state index contributed by atoms with van der Waals surface area (Å²) >= 11 is 3.48. The molecule has 108 valence electrons. The van der Waals surface area contributed by atoms with Gasteiger partial charge in [-0.15, -0.1) is 0 Å². The van der Waals surface area contributed by atoms with Crippen molar-refractivity contribution >= 4 is 27.9 Å². The second-order valence-corrected chi connectivity index (χ2v) is 5.66. The van der Waals surface area contributed by atoms with E-state index in [4.69, 9.17) is 4.74 Å². The van der Waals surface area contributed by atoms with Crippen LogP contribution in [0.1, 0.15) is 11.1 Å². The van der Waals surface area contributed by atoms with Gasteiger partial charge >= 0.3 is 0 Å². The molecule has 20 heavy (non-hydrogen) atoms. The molecule has 1 amide bonds. The summed E-state index contributed by atoms with van der Waals surface area (Å²) in [6, 6.07) is 5.73. The Morgan fingerprint density at radius 1 is 1.60 bits per heavy atom. The van der Waals surface area contributed by atoms with Crippen LogP contribution in [0.15, 0.2) is 28.7 Å². The van der Waals surface area contributed by atoms with Gasteiger partial charge in [0.15, 0.2) is 0 Å². The maximum absolute atomic E-state index is 12.2. The first kappa shape index (κ1) is 15.2. The maximum atomic E-state index is 12.2. The van der Waals surface area contributed by atoms with E-state index in [1.54, 1.807) is 17.1 Å². The summed E-state index contributed by atoms with van der Waals surface area (Å²) in [7, 11) is 0. The Bertz CT molecular complexity index is 516. The molecule has 1 saturated heterocycles. The number of carbonyl (C=O) groups excluding carboxylic acids is 1. The third kappa shape index (κ3) is 3.69. The fourth-order valence-electron chi connectivity index (χ4n) is 2.12. The van der Waals surface area contributed by atoms with Crippen molar-refractivity contribution in [2.75, 3.05) is 26.4 Å². The molecule has 0 radical (unpaired) electrons. The number of ether oxygens (including phenoxy) is 1. The molecule has 1 aliphatic heterocycles. The Labute approximate surface area is 127 Å². The molecule has 1 aromatic rings. The van der Waals surface area contributed by atoms with Gasteiger partial charge in [0.2, 0.25) is 5.91 Å². The van der Waals surface area contributed by atoms with Crippen molar-refractivity contribution in [3.63, 3.8) is 0 Å². The van der Waals surface area contributed by atoms with Crippen LogP contribution in [-0.2, 0) is 9.53 Å². The Balaban J connectivity index is 2.08. The standard InChI is InChI=1S/C15H18BrNO3/c1-11-2-3-12(14(16)8-11)4-5-15(19)17-6-7-20-10-13(17)9-18/h2-5,8,13,18H,6-7,9-10H2,1H3/b5-4+. The molecule has 0 aliphatic carbocycles. The van der Waals surface area contributed by atoms with E-state index in [9.17, 15) is 9.90 Å². The van der Waals surface area contributed by atoms with Crippen LogP contribution in [0.5, 0.6) is 0 Å². The van der Waals surface area contributed by atoms with Crippen LogP contribution in [0.3, 0.4) is 0 Å². The highest BCUT2D eigenvalue weighted by Crippen LogP contribution is 2.20. The molecule has 1 fully saturated rings. The summed E-state index contributed by atoms with van der Waals surface area (Å²) in [5, 5.41) is 9.26. The van der Waals surface area contributed by atoms with Gasteiger partial charge in [-0.3, -0.25) is 4.79 Å². The molecule has 1 unspecified atom stereocenters. The summed E-state index contributed by atoms with van der Waals surface area (Å²) in [6.45, 7) is 3.37. The van der Waals surface area contributed by atoms with Crippen molar-refractivity contribution in [1.82, 2.24) is 4.90 Å². The smallest absolute Gasteiger partial charge is 0.247 e. The molecule has 2 rings (SSSR count). The molecule has 1 heterocycles. The first-order valence-corrected chi connectivity index (χ1v) is 7.34. The summed E-state index contributed by atoms with van der Waals surface area (Å²) in [5.41, 5.74) is 2.12. The number of benzene rings is 1. The molecule has 1 N–H and O–H groups in total. The van der Waals surface area contributed by atoms with Gasteiger partial charge < -0.3 is 14.7 Å². The molecule has 0 aromatic heterocycles. The number of hydrogen-bond acceptors (Lipinski definition) is 3. The largest absolute Gasteiger partial charge is 0.394 e. The van der Waals surface area contributed by atoms with Gasteiger partial charge in [0.25, 0.3) is 0 Å².